The Hall–Kier alpha value is -3.50. The van der Waals surface area contributed by atoms with Gasteiger partial charge in [-0.25, -0.2) is 13.1 Å². The van der Waals surface area contributed by atoms with Gasteiger partial charge in [0.2, 0.25) is 10.0 Å². The van der Waals surface area contributed by atoms with E-state index in [1.807, 2.05) is 12.1 Å². The van der Waals surface area contributed by atoms with Gasteiger partial charge in [0, 0.05) is 32.7 Å². The van der Waals surface area contributed by atoms with Gasteiger partial charge in [-0.1, -0.05) is 30.3 Å². The van der Waals surface area contributed by atoms with E-state index in [2.05, 4.69) is 49.8 Å². The molecule has 1 aliphatic heterocycles. The second-order valence-corrected chi connectivity index (χ2v) is 12.7. The molecule has 1 aliphatic rings. The fourth-order valence-electron chi connectivity index (χ4n) is 4.16. The molecular formula is C27H33N5O4S. The molecule has 196 valence electrons. The molecule has 0 radical (unpaired) electrons. The topological polar surface area (TPSA) is 116 Å². The number of aromatic hydroxyl groups is 1. The Bertz CT molecular complexity index is 1380. The van der Waals surface area contributed by atoms with Crippen LogP contribution < -0.4 is 9.62 Å². The van der Waals surface area contributed by atoms with Crippen LogP contribution in [0.4, 0.5) is 5.82 Å². The lowest BCUT2D eigenvalue weighted by atomic mass is 9.98. The van der Waals surface area contributed by atoms with Crippen LogP contribution in [-0.2, 0) is 16.6 Å². The number of nitrogens with one attached hydrogen (secondary N) is 1. The monoisotopic (exact) mass is 523 g/mol. The van der Waals surface area contributed by atoms with Crippen molar-refractivity contribution in [2.75, 3.05) is 31.1 Å². The van der Waals surface area contributed by atoms with Gasteiger partial charge in [-0.3, -0.25) is 9.69 Å². The highest BCUT2D eigenvalue weighted by Gasteiger charge is 2.31. The van der Waals surface area contributed by atoms with Crippen molar-refractivity contribution in [3.8, 4) is 16.9 Å². The van der Waals surface area contributed by atoms with Crippen LogP contribution in [0.15, 0.2) is 54.6 Å². The number of anilines is 1. The smallest absolute Gasteiger partial charge is 0.285 e. The van der Waals surface area contributed by atoms with E-state index in [0.29, 0.717) is 5.82 Å². The Kier molecular flexibility index (Phi) is 7.52. The predicted molar refractivity (Wildman–Crippen MR) is 144 cm³/mol. The SMILES string of the molecule is Cc1cc(CN2CCN(c3ccc(C(=O)NS(=O)(=O)C(C)(C)C)nn3)CC2)ccc1-c1cccc(O)c1. The molecule has 3 aromatic rings. The first kappa shape index (κ1) is 26.6. The Labute approximate surface area is 218 Å². The fourth-order valence-corrected chi connectivity index (χ4v) is 4.81. The van der Waals surface area contributed by atoms with Crippen molar-refractivity contribution >= 4 is 21.7 Å². The average Bonchev–Trinajstić information content (AvgIpc) is 2.84. The molecule has 1 aromatic heterocycles. The zero-order valence-corrected chi connectivity index (χ0v) is 22.4. The van der Waals surface area contributed by atoms with Crippen molar-refractivity contribution < 1.29 is 18.3 Å². The standard InChI is InChI=1S/C27H33N5O4S/c1-19-16-20(8-9-23(19)21-6-5-7-22(33)17-21)18-31-12-14-32(15-13-31)25-11-10-24(28-29-25)26(34)30-37(35,36)27(2,3)4/h5-11,16-17,33H,12-15,18H2,1-4H3,(H,30,34). The van der Waals surface area contributed by atoms with Gasteiger partial charge in [0.25, 0.3) is 5.91 Å². The summed E-state index contributed by atoms with van der Waals surface area (Å²) in [4.78, 5) is 16.8. The number of hydrogen-bond acceptors (Lipinski definition) is 8. The van der Waals surface area contributed by atoms with Crippen LogP contribution in [0, 0.1) is 6.92 Å². The lowest BCUT2D eigenvalue weighted by molar-refractivity contribution is 0.0974. The summed E-state index contributed by atoms with van der Waals surface area (Å²) in [5, 5.41) is 17.9. The van der Waals surface area contributed by atoms with Gasteiger partial charge in [0.05, 0.1) is 4.75 Å². The van der Waals surface area contributed by atoms with Crippen molar-refractivity contribution in [2.24, 2.45) is 0 Å². The van der Waals surface area contributed by atoms with Gasteiger partial charge in [-0.05, 0) is 74.2 Å². The van der Waals surface area contributed by atoms with Gasteiger partial charge in [0.15, 0.2) is 11.5 Å². The number of phenolic OH excluding ortho intramolecular Hbond substituents is 1. The molecule has 0 unspecified atom stereocenters. The van der Waals surface area contributed by atoms with E-state index < -0.39 is 20.7 Å². The third kappa shape index (κ3) is 6.26. The van der Waals surface area contributed by atoms with E-state index in [0.717, 1.165) is 49.4 Å². The number of aromatic nitrogens is 2. The Morgan fingerprint density at radius 3 is 2.32 bits per heavy atom. The number of rotatable bonds is 6. The van der Waals surface area contributed by atoms with Crippen LogP contribution >= 0.6 is 0 Å². The lowest BCUT2D eigenvalue weighted by Gasteiger charge is -2.35. The molecule has 1 saturated heterocycles. The molecule has 0 atom stereocenters. The highest BCUT2D eigenvalue weighted by Crippen LogP contribution is 2.27. The summed E-state index contributed by atoms with van der Waals surface area (Å²) in [7, 11) is -3.82. The molecule has 1 amide bonds. The molecule has 4 rings (SSSR count). The number of benzene rings is 2. The number of nitrogens with zero attached hydrogens (tertiary/aromatic N) is 4. The molecule has 0 saturated carbocycles. The van der Waals surface area contributed by atoms with E-state index >= 15 is 0 Å². The van der Waals surface area contributed by atoms with Crippen LogP contribution in [0.5, 0.6) is 5.75 Å². The molecule has 1 fully saturated rings. The zero-order valence-electron chi connectivity index (χ0n) is 21.6. The van der Waals surface area contributed by atoms with Crippen molar-refractivity contribution in [3.05, 3.63) is 71.4 Å². The number of amides is 1. The van der Waals surface area contributed by atoms with Crippen molar-refractivity contribution in [1.82, 2.24) is 19.8 Å². The van der Waals surface area contributed by atoms with Crippen molar-refractivity contribution in [1.29, 1.82) is 0 Å². The molecule has 0 bridgehead atoms. The second kappa shape index (κ2) is 10.5. The Balaban J connectivity index is 1.33. The molecule has 2 N–H and O–H groups in total. The number of sulfonamides is 1. The summed E-state index contributed by atoms with van der Waals surface area (Å²) in [5.74, 6) is 0.125. The maximum Gasteiger partial charge on any atom is 0.285 e. The van der Waals surface area contributed by atoms with E-state index in [-0.39, 0.29) is 11.4 Å². The third-order valence-corrected chi connectivity index (χ3v) is 8.53. The molecule has 9 nitrogen and oxygen atoms in total. The molecule has 37 heavy (non-hydrogen) atoms. The number of hydrogen-bond donors (Lipinski definition) is 2. The quantitative estimate of drug-likeness (QED) is 0.506. The number of carbonyl (C=O) groups excluding carboxylic acids is 1. The van der Waals surface area contributed by atoms with Crippen LogP contribution in [0.1, 0.15) is 42.4 Å². The summed E-state index contributed by atoms with van der Waals surface area (Å²) in [6, 6.07) is 16.9. The minimum atomic E-state index is -3.82. The molecule has 0 spiro atoms. The lowest BCUT2D eigenvalue weighted by Crippen LogP contribution is -2.46. The molecule has 2 aromatic carbocycles. The minimum absolute atomic E-state index is 0.0419. The normalized spacial score (nSPS) is 15.0. The predicted octanol–water partition coefficient (Wildman–Crippen LogP) is 3.34. The van der Waals surface area contributed by atoms with Gasteiger partial charge in [0.1, 0.15) is 5.75 Å². The molecule has 10 heteroatoms. The van der Waals surface area contributed by atoms with Gasteiger partial charge in [-0.2, -0.15) is 0 Å². The highest BCUT2D eigenvalue weighted by atomic mass is 32.2. The third-order valence-electron chi connectivity index (χ3n) is 6.47. The first-order valence-electron chi connectivity index (χ1n) is 12.2. The molecular weight excluding hydrogens is 490 g/mol. The minimum Gasteiger partial charge on any atom is -0.508 e. The second-order valence-electron chi connectivity index (χ2n) is 10.3. The van der Waals surface area contributed by atoms with E-state index in [1.165, 1.54) is 32.4 Å². The molecule has 2 heterocycles. The largest absolute Gasteiger partial charge is 0.508 e. The Morgan fingerprint density at radius 1 is 1.00 bits per heavy atom. The number of carbonyl (C=O) groups is 1. The van der Waals surface area contributed by atoms with Gasteiger partial charge >= 0.3 is 0 Å². The maximum absolute atomic E-state index is 12.3. The van der Waals surface area contributed by atoms with E-state index in [9.17, 15) is 18.3 Å². The molecule has 0 aliphatic carbocycles. The first-order chi connectivity index (χ1) is 17.4. The van der Waals surface area contributed by atoms with Crippen LogP contribution in [0.25, 0.3) is 11.1 Å². The zero-order chi connectivity index (χ0) is 26.8. The Morgan fingerprint density at radius 2 is 1.73 bits per heavy atom. The van der Waals surface area contributed by atoms with Gasteiger partial charge < -0.3 is 10.0 Å². The summed E-state index contributed by atoms with van der Waals surface area (Å²) in [6.07, 6.45) is 0. The summed E-state index contributed by atoms with van der Waals surface area (Å²) < 4.78 is 25.4. The van der Waals surface area contributed by atoms with E-state index in [1.54, 1.807) is 18.2 Å². The fraction of sp³-hybridized carbons (Fsp3) is 0.370. The van der Waals surface area contributed by atoms with Gasteiger partial charge in [-0.15, -0.1) is 10.2 Å². The maximum atomic E-state index is 12.3. The van der Waals surface area contributed by atoms with E-state index in [4.69, 9.17) is 0 Å². The number of phenols is 1. The number of aryl methyl sites for hydroxylation is 1. The summed E-state index contributed by atoms with van der Waals surface area (Å²) in [6.45, 7) is 10.7. The van der Waals surface area contributed by atoms with Crippen LogP contribution in [0.2, 0.25) is 0 Å². The highest BCUT2D eigenvalue weighted by molar-refractivity contribution is 7.91. The first-order valence-corrected chi connectivity index (χ1v) is 13.7. The van der Waals surface area contributed by atoms with Crippen LogP contribution in [-0.4, -0.2) is 65.5 Å². The summed E-state index contributed by atoms with van der Waals surface area (Å²) in [5.41, 5.74) is 4.46. The van der Waals surface area contributed by atoms with Crippen LogP contribution in [0.3, 0.4) is 0 Å². The van der Waals surface area contributed by atoms with Crippen molar-refractivity contribution in [2.45, 2.75) is 39.0 Å². The summed E-state index contributed by atoms with van der Waals surface area (Å²) >= 11 is 0. The van der Waals surface area contributed by atoms with Crippen molar-refractivity contribution in [3.63, 3.8) is 0 Å². The number of piperazine rings is 1. The average molecular weight is 524 g/mol.